The summed E-state index contributed by atoms with van der Waals surface area (Å²) in [6.07, 6.45) is 7.92. The Bertz CT molecular complexity index is 375. The van der Waals surface area contributed by atoms with Gasteiger partial charge in [-0.2, -0.15) is 0 Å². The van der Waals surface area contributed by atoms with Gasteiger partial charge in [-0.05, 0) is 37.8 Å². The minimum Gasteiger partial charge on any atom is -0.352 e. The summed E-state index contributed by atoms with van der Waals surface area (Å²) in [7, 11) is 0. The summed E-state index contributed by atoms with van der Waals surface area (Å²) in [6, 6.07) is 7.77. The second kappa shape index (κ2) is 6.58. The first kappa shape index (κ1) is 13.1. The highest BCUT2D eigenvalue weighted by molar-refractivity contribution is 5.94. The molecule has 0 saturated heterocycles. The molecule has 0 radical (unpaired) electrons. The fraction of sp³-hybridized carbons (Fsp3) is 0.562. The molecule has 0 aliphatic heterocycles. The van der Waals surface area contributed by atoms with E-state index in [1.807, 2.05) is 31.2 Å². The number of aryl methyl sites for hydroxylation is 1. The first-order valence-corrected chi connectivity index (χ1v) is 7.10. The van der Waals surface area contributed by atoms with Crippen LogP contribution in [0, 0.1) is 12.8 Å². The molecule has 0 atom stereocenters. The Labute approximate surface area is 110 Å². The van der Waals surface area contributed by atoms with Crippen molar-refractivity contribution in [3.05, 3.63) is 35.4 Å². The maximum absolute atomic E-state index is 12.0. The van der Waals surface area contributed by atoms with E-state index in [0.717, 1.165) is 12.1 Å². The zero-order valence-electron chi connectivity index (χ0n) is 11.2. The van der Waals surface area contributed by atoms with Crippen molar-refractivity contribution >= 4 is 5.91 Å². The summed E-state index contributed by atoms with van der Waals surface area (Å²) >= 11 is 0. The highest BCUT2D eigenvalue weighted by Crippen LogP contribution is 2.22. The first-order chi connectivity index (χ1) is 8.75. The third kappa shape index (κ3) is 3.86. The molecule has 0 unspecified atom stereocenters. The van der Waals surface area contributed by atoms with E-state index in [0.29, 0.717) is 5.92 Å². The van der Waals surface area contributed by atoms with Crippen molar-refractivity contribution < 1.29 is 4.79 Å². The van der Waals surface area contributed by atoms with E-state index in [4.69, 9.17) is 0 Å². The number of rotatable bonds is 3. The average Bonchev–Trinajstić information content (AvgIpc) is 2.65. The summed E-state index contributed by atoms with van der Waals surface area (Å²) in [5.74, 6) is 0.751. The molecule has 0 heterocycles. The molecular weight excluding hydrogens is 222 g/mol. The molecule has 1 fully saturated rings. The van der Waals surface area contributed by atoms with E-state index >= 15 is 0 Å². The molecule has 2 nitrogen and oxygen atoms in total. The summed E-state index contributed by atoms with van der Waals surface area (Å²) in [4.78, 5) is 12.0. The van der Waals surface area contributed by atoms with Gasteiger partial charge in [0.15, 0.2) is 0 Å². The van der Waals surface area contributed by atoms with Crippen LogP contribution in [0.2, 0.25) is 0 Å². The van der Waals surface area contributed by atoms with Gasteiger partial charge in [-0.25, -0.2) is 0 Å². The summed E-state index contributed by atoms with van der Waals surface area (Å²) in [5, 5.41) is 3.08. The summed E-state index contributed by atoms with van der Waals surface area (Å²) < 4.78 is 0. The molecular formula is C16H23NO. The molecule has 2 heteroatoms. The van der Waals surface area contributed by atoms with Gasteiger partial charge in [-0.15, -0.1) is 0 Å². The molecule has 18 heavy (non-hydrogen) atoms. The first-order valence-electron chi connectivity index (χ1n) is 7.10. The van der Waals surface area contributed by atoms with Gasteiger partial charge in [0.25, 0.3) is 5.91 Å². The molecule has 2 rings (SSSR count). The number of hydrogen-bond acceptors (Lipinski definition) is 1. The van der Waals surface area contributed by atoms with Crippen LogP contribution in [-0.4, -0.2) is 12.5 Å². The fourth-order valence-corrected chi connectivity index (χ4v) is 2.61. The lowest BCUT2D eigenvalue weighted by molar-refractivity contribution is 0.0946. The Morgan fingerprint density at radius 2 is 1.72 bits per heavy atom. The van der Waals surface area contributed by atoms with E-state index in [2.05, 4.69) is 5.32 Å². The van der Waals surface area contributed by atoms with Crippen LogP contribution >= 0.6 is 0 Å². The minimum absolute atomic E-state index is 0.0687. The van der Waals surface area contributed by atoms with Crippen LogP contribution in [0.1, 0.15) is 54.4 Å². The Hall–Kier alpha value is -1.31. The smallest absolute Gasteiger partial charge is 0.251 e. The SMILES string of the molecule is Cc1ccc(C(=O)NCC2CCCCCC2)cc1. The third-order valence-electron chi connectivity index (χ3n) is 3.84. The molecule has 98 valence electrons. The van der Waals surface area contributed by atoms with Crippen molar-refractivity contribution in [2.75, 3.05) is 6.54 Å². The molecule has 1 aliphatic carbocycles. The zero-order valence-corrected chi connectivity index (χ0v) is 11.2. The van der Waals surface area contributed by atoms with Gasteiger partial charge < -0.3 is 5.32 Å². The van der Waals surface area contributed by atoms with Crippen LogP contribution in [0.3, 0.4) is 0 Å². The van der Waals surface area contributed by atoms with Crippen molar-refractivity contribution in [1.29, 1.82) is 0 Å². The van der Waals surface area contributed by atoms with Crippen molar-refractivity contribution in [2.45, 2.75) is 45.4 Å². The van der Waals surface area contributed by atoms with Crippen LogP contribution in [0.15, 0.2) is 24.3 Å². The predicted molar refractivity (Wildman–Crippen MR) is 74.7 cm³/mol. The van der Waals surface area contributed by atoms with E-state index in [1.165, 1.54) is 44.1 Å². The molecule has 1 aromatic rings. The Morgan fingerprint density at radius 3 is 2.33 bits per heavy atom. The minimum atomic E-state index is 0.0687. The molecule has 1 aliphatic rings. The van der Waals surface area contributed by atoms with Crippen LogP contribution in [0.25, 0.3) is 0 Å². The van der Waals surface area contributed by atoms with E-state index in [9.17, 15) is 4.79 Å². The lowest BCUT2D eigenvalue weighted by Crippen LogP contribution is -2.29. The van der Waals surface area contributed by atoms with Crippen LogP contribution in [-0.2, 0) is 0 Å². The number of nitrogens with one attached hydrogen (secondary N) is 1. The molecule has 0 aromatic heterocycles. The number of amides is 1. The van der Waals surface area contributed by atoms with Crippen molar-refractivity contribution in [2.24, 2.45) is 5.92 Å². The van der Waals surface area contributed by atoms with Gasteiger partial charge >= 0.3 is 0 Å². The monoisotopic (exact) mass is 245 g/mol. The average molecular weight is 245 g/mol. The fourth-order valence-electron chi connectivity index (χ4n) is 2.61. The van der Waals surface area contributed by atoms with Crippen molar-refractivity contribution in [1.82, 2.24) is 5.32 Å². The molecule has 1 aromatic carbocycles. The van der Waals surface area contributed by atoms with Gasteiger partial charge in [0, 0.05) is 12.1 Å². The molecule has 1 amide bonds. The van der Waals surface area contributed by atoms with E-state index in [1.54, 1.807) is 0 Å². The largest absolute Gasteiger partial charge is 0.352 e. The topological polar surface area (TPSA) is 29.1 Å². The Balaban J connectivity index is 1.82. The second-order valence-corrected chi connectivity index (χ2v) is 5.43. The van der Waals surface area contributed by atoms with Crippen molar-refractivity contribution in [3.63, 3.8) is 0 Å². The van der Waals surface area contributed by atoms with Gasteiger partial charge in [-0.3, -0.25) is 4.79 Å². The number of carbonyl (C=O) groups excluding carboxylic acids is 1. The highest BCUT2D eigenvalue weighted by Gasteiger charge is 2.13. The quantitative estimate of drug-likeness (QED) is 0.808. The summed E-state index contributed by atoms with van der Waals surface area (Å²) in [6.45, 7) is 2.87. The molecule has 0 spiro atoms. The Morgan fingerprint density at radius 1 is 1.11 bits per heavy atom. The summed E-state index contributed by atoms with van der Waals surface area (Å²) in [5.41, 5.74) is 1.96. The van der Waals surface area contributed by atoms with Crippen LogP contribution in [0.5, 0.6) is 0 Å². The zero-order chi connectivity index (χ0) is 12.8. The number of carbonyl (C=O) groups is 1. The predicted octanol–water partition coefficient (Wildman–Crippen LogP) is 3.70. The number of benzene rings is 1. The Kier molecular flexibility index (Phi) is 4.80. The van der Waals surface area contributed by atoms with Gasteiger partial charge in [0.05, 0.1) is 0 Å². The van der Waals surface area contributed by atoms with Gasteiger partial charge in [0.1, 0.15) is 0 Å². The van der Waals surface area contributed by atoms with E-state index in [-0.39, 0.29) is 5.91 Å². The molecule has 1 N–H and O–H groups in total. The maximum atomic E-state index is 12.0. The normalized spacial score (nSPS) is 17.2. The molecule has 0 bridgehead atoms. The van der Waals surface area contributed by atoms with Gasteiger partial charge in [-0.1, -0.05) is 43.4 Å². The highest BCUT2D eigenvalue weighted by atomic mass is 16.1. The standard InChI is InChI=1S/C16H23NO/c1-13-8-10-15(11-9-13)16(18)17-12-14-6-4-2-3-5-7-14/h8-11,14H,2-7,12H2,1H3,(H,17,18). The lowest BCUT2D eigenvalue weighted by atomic mass is 10.0. The van der Waals surface area contributed by atoms with Gasteiger partial charge in [0.2, 0.25) is 0 Å². The van der Waals surface area contributed by atoms with Crippen molar-refractivity contribution in [3.8, 4) is 0 Å². The molecule has 1 saturated carbocycles. The maximum Gasteiger partial charge on any atom is 0.251 e. The number of hydrogen-bond donors (Lipinski definition) is 1. The van der Waals surface area contributed by atoms with Crippen LogP contribution < -0.4 is 5.32 Å². The van der Waals surface area contributed by atoms with E-state index < -0.39 is 0 Å². The second-order valence-electron chi connectivity index (χ2n) is 5.43. The lowest BCUT2D eigenvalue weighted by Gasteiger charge is -2.14. The third-order valence-corrected chi connectivity index (χ3v) is 3.84. The van der Waals surface area contributed by atoms with Crippen LogP contribution in [0.4, 0.5) is 0 Å².